The Morgan fingerprint density at radius 3 is 2.25 bits per heavy atom. The molecular formula is C21H22N4O3. The molecule has 2 atom stereocenters. The van der Waals surface area contributed by atoms with Gasteiger partial charge in [0, 0.05) is 5.56 Å². The molecule has 0 radical (unpaired) electrons. The van der Waals surface area contributed by atoms with E-state index in [1.54, 1.807) is 38.1 Å². The third kappa shape index (κ3) is 5.03. The van der Waals surface area contributed by atoms with Crippen LogP contribution in [0.25, 0.3) is 0 Å². The van der Waals surface area contributed by atoms with Crippen LogP contribution in [0.1, 0.15) is 53.1 Å². The summed E-state index contributed by atoms with van der Waals surface area (Å²) < 4.78 is 5.09. The molecule has 0 bridgehead atoms. The Balaban J connectivity index is 1.70. The van der Waals surface area contributed by atoms with Gasteiger partial charge in [-0.05, 0) is 31.5 Å². The molecule has 0 aliphatic heterocycles. The molecule has 2 N–H and O–H groups in total. The number of aryl methyl sites for hydroxylation is 1. The fraction of sp³-hybridized carbons (Fsp3) is 0.238. The van der Waals surface area contributed by atoms with Gasteiger partial charge in [0.1, 0.15) is 6.04 Å². The van der Waals surface area contributed by atoms with Crippen LogP contribution in [-0.4, -0.2) is 22.0 Å². The van der Waals surface area contributed by atoms with Crippen LogP contribution in [-0.2, 0) is 4.79 Å². The molecule has 0 saturated heterocycles. The lowest BCUT2D eigenvalue weighted by Gasteiger charge is -2.20. The van der Waals surface area contributed by atoms with Crippen LogP contribution in [0.15, 0.2) is 65.2 Å². The molecule has 0 saturated carbocycles. The van der Waals surface area contributed by atoms with Gasteiger partial charge in [-0.2, -0.15) is 4.98 Å². The van der Waals surface area contributed by atoms with E-state index in [-0.39, 0.29) is 18.2 Å². The molecule has 0 aliphatic carbocycles. The summed E-state index contributed by atoms with van der Waals surface area (Å²) in [5, 5.41) is 9.51. The molecule has 2 aromatic carbocycles. The minimum Gasteiger partial charge on any atom is -0.345 e. The van der Waals surface area contributed by atoms with Gasteiger partial charge in [-0.3, -0.25) is 9.59 Å². The van der Waals surface area contributed by atoms with E-state index in [9.17, 15) is 9.59 Å². The molecule has 28 heavy (non-hydrogen) atoms. The summed E-state index contributed by atoms with van der Waals surface area (Å²) in [4.78, 5) is 29.3. The molecule has 7 heteroatoms. The highest BCUT2D eigenvalue weighted by Gasteiger charge is 2.22. The quantitative estimate of drug-likeness (QED) is 0.658. The average molecular weight is 378 g/mol. The number of hydrogen-bond acceptors (Lipinski definition) is 5. The highest BCUT2D eigenvalue weighted by molar-refractivity contribution is 5.94. The van der Waals surface area contributed by atoms with Crippen molar-refractivity contribution in [3.63, 3.8) is 0 Å². The lowest BCUT2D eigenvalue weighted by atomic mass is 10.0. The normalized spacial score (nSPS) is 12.8. The molecule has 1 heterocycles. The number of amides is 2. The van der Waals surface area contributed by atoms with Crippen molar-refractivity contribution in [3.8, 4) is 0 Å². The first kappa shape index (κ1) is 19.3. The molecular weight excluding hydrogens is 356 g/mol. The van der Waals surface area contributed by atoms with Crippen LogP contribution in [0.4, 0.5) is 0 Å². The SMILES string of the molecule is Cc1noc(C(C)NC(=O)CC(NC(=O)c2ccccc2)c2ccccc2)n1. The minimum absolute atomic E-state index is 0.0834. The molecule has 0 spiro atoms. The zero-order chi connectivity index (χ0) is 19.9. The van der Waals surface area contributed by atoms with Crippen LogP contribution < -0.4 is 10.6 Å². The third-order valence-electron chi connectivity index (χ3n) is 4.22. The molecule has 0 aliphatic rings. The lowest BCUT2D eigenvalue weighted by Crippen LogP contribution is -2.34. The molecule has 2 amide bonds. The molecule has 3 rings (SSSR count). The number of nitrogens with one attached hydrogen (secondary N) is 2. The van der Waals surface area contributed by atoms with Gasteiger partial charge in [-0.15, -0.1) is 0 Å². The Labute approximate surface area is 163 Å². The van der Waals surface area contributed by atoms with Gasteiger partial charge in [0.2, 0.25) is 11.8 Å². The standard InChI is InChI=1S/C21H22N4O3/c1-14(21-23-15(2)25-28-21)22-19(26)13-18(16-9-5-3-6-10-16)24-20(27)17-11-7-4-8-12-17/h3-12,14,18H,13H2,1-2H3,(H,22,26)(H,24,27). The molecule has 144 valence electrons. The van der Waals surface area contributed by atoms with E-state index >= 15 is 0 Å². The van der Waals surface area contributed by atoms with E-state index in [4.69, 9.17) is 4.52 Å². The predicted molar refractivity (Wildman–Crippen MR) is 103 cm³/mol. The van der Waals surface area contributed by atoms with Gasteiger partial charge in [0.15, 0.2) is 5.82 Å². The molecule has 2 unspecified atom stereocenters. The lowest BCUT2D eigenvalue weighted by molar-refractivity contribution is -0.122. The topological polar surface area (TPSA) is 97.1 Å². The number of carbonyl (C=O) groups is 2. The van der Waals surface area contributed by atoms with Gasteiger partial charge >= 0.3 is 0 Å². The minimum atomic E-state index is -0.467. The van der Waals surface area contributed by atoms with Gasteiger partial charge in [0.25, 0.3) is 5.91 Å². The number of benzene rings is 2. The number of aromatic nitrogens is 2. The smallest absolute Gasteiger partial charge is 0.251 e. The van der Waals surface area contributed by atoms with E-state index in [0.717, 1.165) is 5.56 Å². The predicted octanol–water partition coefficient (Wildman–Crippen LogP) is 3.12. The fourth-order valence-electron chi connectivity index (χ4n) is 2.81. The second-order valence-electron chi connectivity index (χ2n) is 6.48. The van der Waals surface area contributed by atoms with E-state index in [2.05, 4.69) is 20.8 Å². The van der Waals surface area contributed by atoms with Crippen molar-refractivity contribution in [1.82, 2.24) is 20.8 Å². The Kier molecular flexibility index (Phi) is 6.16. The summed E-state index contributed by atoms with van der Waals surface area (Å²) in [6.45, 7) is 3.48. The first-order valence-electron chi connectivity index (χ1n) is 9.03. The van der Waals surface area contributed by atoms with E-state index in [1.165, 1.54) is 0 Å². The number of rotatable bonds is 7. The first-order valence-corrected chi connectivity index (χ1v) is 9.03. The van der Waals surface area contributed by atoms with Crippen molar-refractivity contribution >= 4 is 11.8 Å². The van der Waals surface area contributed by atoms with Gasteiger partial charge in [0.05, 0.1) is 12.5 Å². The third-order valence-corrected chi connectivity index (χ3v) is 4.22. The second kappa shape index (κ2) is 8.94. The Morgan fingerprint density at radius 2 is 1.64 bits per heavy atom. The summed E-state index contributed by atoms with van der Waals surface area (Å²) in [5.41, 5.74) is 1.39. The van der Waals surface area contributed by atoms with E-state index in [1.807, 2.05) is 36.4 Å². The van der Waals surface area contributed by atoms with Crippen LogP contribution in [0.2, 0.25) is 0 Å². The van der Waals surface area contributed by atoms with Crippen LogP contribution in [0, 0.1) is 6.92 Å². The van der Waals surface area contributed by atoms with Gasteiger partial charge in [-0.1, -0.05) is 53.7 Å². The molecule has 3 aromatic rings. The highest BCUT2D eigenvalue weighted by atomic mass is 16.5. The Hall–Kier alpha value is -3.48. The molecule has 0 fully saturated rings. The second-order valence-corrected chi connectivity index (χ2v) is 6.48. The van der Waals surface area contributed by atoms with Crippen LogP contribution in [0.5, 0.6) is 0 Å². The molecule has 1 aromatic heterocycles. The van der Waals surface area contributed by atoms with Crippen molar-refractivity contribution in [2.75, 3.05) is 0 Å². The number of nitrogens with zero attached hydrogens (tertiary/aromatic N) is 2. The first-order chi connectivity index (χ1) is 13.5. The summed E-state index contributed by atoms with van der Waals surface area (Å²) in [6, 6.07) is 17.4. The number of carbonyl (C=O) groups excluding carboxylic acids is 2. The van der Waals surface area contributed by atoms with Crippen molar-refractivity contribution in [2.45, 2.75) is 32.4 Å². The fourth-order valence-corrected chi connectivity index (χ4v) is 2.81. The van der Waals surface area contributed by atoms with Gasteiger partial charge in [-0.25, -0.2) is 0 Å². The maximum atomic E-state index is 12.6. The largest absolute Gasteiger partial charge is 0.345 e. The van der Waals surface area contributed by atoms with Crippen molar-refractivity contribution in [2.24, 2.45) is 0 Å². The summed E-state index contributed by atoms with van der Waals surface area (Å²) in [7, 11) is 0. The van der Waals surface area contributed by atoms with Crippen LogP contribution in [0.3, 0.4) is 0 Å². The average Bonchev–Trinajstić information content (AvgIpc) is 3.15. The maximum absolute atomic E-state index is 12.6. The Morgan fingerprint density at radius 1 is 1.00 bits per heavy atom. The monoisotopic (exact) mass is 378 g/mol. The number of hydrogen-bond donors (Lipinski definition) is 2. The van der Waals surface area contributed by atoms with Crippen molar-refractivity contribution in [1.29, 1.82) is 0 Å². The van der Waals surface area contributed by atoms with Crippen LogP contribution >= 0.6 is 0 Å². The van der Waals surface area contributed by atoms with Crippen molar-refractivity contribution < 1.29 is 14.1 Å². The highest BCUT2D eigenvalue weighted by Crippen LogP contribution is 2.19. The summed E-state index contributed by atoms with van der Waals surface area (Å²) in [5.74, 6) is 0.386. The summed E-state index contributed by atoms with van der Waals surface area (Å²) in [6.07, 6.45) is 0.0834. The van der Waals surface area contributed by atoms with Crippen molar-refractivity contribution in [3.05, 3.63) is 83.5 Å². The van der Waals surface area contributed by atoms with E-state index in [0.29, 0.717) is 17.3 Å². The molecule has 7 nitrogen and oxygen atoms in total. The zero-order valence-corrected chi connectivity index (χ0v) is 15.8. The van der Waals surface area contributed by atoms with E-state index < -0.39 is 12.1 Å². The maximum Gasteiger partial charge on any atom is 0.251 e. The Bertz CT molecular complexity index is 925. The zero-order valence-electron chi connectivity index (χ0n) is 15.8. The van der Waals surface area contributed by atoms with Gasteiger partial charge < -0.3 is 15.2 Å². The summed E-state index contributed by atoms with van der Waals surface area (Å²) >= 11 is 0.